The molecule has 1 rings (SSSR count). The van der Waals surface area contributed by atoms with E-state index in [0.29, 0.717) is 13.1 Å². The first kappa shape index (κ1) is 12.3. The minimum atomic E-state index is -1.00. The largest absolute Gasteiger partial charge is 0.481 e. The smallest absolute Gasteiger partial charge is 0.407 e. The zero-order valence-electron chi connectivity index (χ0n) is 8.76. The molecule has 7 nitrogen and oxygen atoms in total. The molecule has 0 atom stereocenters. The van der Waals surface area contributed by atoms with Crippen LogP contribution in [0.3, 0.4) is 0 Å². The molecule has 1 saturated heterocycles. The Morgan fingerprint density at radius 1 is 0.875 bits per heavy atom. The van der Waals surface area contributed by atoms with E-state index in [0.717, 1.165) is 0 Å². The average molecular weight is 230 g/mol. The van der Waals surface area contributed by atoms with E-state index in [4.69, 9.17) is 10.2 Å². The first-order valence-corrected chi connectivity index (χ1v) is 4.98. The number of aliphatic carboxylic acids is 1. The Kier molecular flexibility index (Phi) is 4.10. The molecule has 2 N–H and O–H groups in total. The molecule has 0 aromatic rings. The van der Waals surface area contributed by atoms with Gasteiger partial charge in [0.2, 0.25) is 5.91 Å². The summed E-state index contributed by atoms with van der Waals surface area (Å²) in [7, 11) is 0. The van der Waals surface area contributed by atoms with E-state index in [-0.39, 0.29) is 31.8 Å². The van der Waals surface area contributed by atoms with Crippen LogP contribution in [0.1, 0.15) is 12.8 Å². The molecule has 1 aliphatic heterocycles. The van der Waals surface area contributed by atoms with Gasteiger partial charge in [0.1, 0.15) is 0 Å². The van der Waals surface area contributed by atoms with Crippen molar-refractivity contribution in [1.82, 2.24) is 9.80 Å². The van der Waals surface area contributed by atoms with E-state index in [2.05, 4.69) is 0 Å². The molecule has 0 radical (unpaired) electrons. The van der Waals surface area contributed by atoms with E-state index < -0.39 is 12.1 Å². The molecule has 1 fully saturated rings. The predicted octanol–water partition coefficient (Wildman–Crippen LogP) is -0.327. The molecule has 2 amide bonds. The van der Waals surface area contributed by atoms with Gasteiger partial charge in [-0.25, -0.2) is 4.79 Å². The quantitative estimate of drug-likeness (QED) is 0.692. The maximum absolute atomic E-state index is 11.5. The summed E-state index contributed by atoms with van der Waals surface area (Å²) < 4.78 is 0. The Bertz CT molecular complexity index is 296. The molecule has 7 heteroatoms. The molecule has 0 bridgehead atoms. The van der Waals surface area contributed by atoms with Crippen LogP contribution in [0, 0.1) is 0 Å². The van der Waals surface area contributed by atoms with Crippen molar-refractivity contribution in [2.45, 2.75) is 12.8 Å². The van der Waals surface area contributed by atoms with Gasteiger partial charge < -0.3 is 20.0 Å². The first-order chi connectivity index (χ1) is 7.50. The highest BCUT2D eigenvalue weighted by molar-refractivity contribution is 5.81. The lowest BCUT2D eigenvalue weighted by Gasteiger charge is -2.33. The minimum Gasteiger partial charge on any atom is -0.481 e. The van der Waals surface area contributed by atoms with Gasteiger partial charge in [0.05, 0.1) is 6.42 Å². The van der Waals surface area contributed by atoms with Crippen LogP contribution in [0.5, 0.6) is 0 Å². The number of rotatable bonds is 3. The van der Waals surface area contributed by atoms with Gasteiger partial charge >= 0.3 is 12.1 Å². The second-order valence-corrected chi connectivity index (χ2v) is 3.54. The van der Waals surface area contributed by atoms with Crippen LogP contribution < -0.4 is 0 Å². The van der Waals surface area contributed by atoms with E-state index >= 15 is 0 Å². The topological polar surface area (TPSA) is 98.2 Å². The Hall–Kier alpha value is -1.79. The summed E-state index contributed by atoms with van der Waals surface area (Å²) in [5, 5.41) is 17.1. The number of carboxylic acids is 1. The molecule has 16 heavy (non-hydrogen) atoms. The number of carbonyl (C=O) groups is 3. The summed E-state index contributed by atoms with van der Waals surface area (Å²) in [6.45, 7) is 1.25. The molecule has 0 aromatic heterocycles. The maximum atomic E-state index is 11.5. The molecule has 0 aliphatic carbocycles. The number of carbonyl (C=O) groups excluding carboxylic acids is 1. The third kappa shape index (κ3) is 3.41. The van der Waals surface area contributed by atoms with Gasteiger partial charge in [0.25, 0.3) is 0 Å². The fourth-order valence-corrected chi connectivity index (χ4v) is 1.52. The van der Waals surface area contributed by atoms with Crippen molar-refractivity contribution in [2.75, 3.05) is 26.2 Å². The number of amides is 2. The van der Waals surface area contributed by atoms with Crippen LogP contribution in [-0.2, 0) is 9.59 Å². The maximum Gasteiger partial charge on any atom is 0.407 e. The molecule has 90 valence electrons. The third-order valence-electron chi connectivity index (χ3n) is 2.46. The Morgan fingerprint density at radius 2 is 1.38 bits per heavy atom. The van der Waals surface area contributed by atoms with Gasteiger partial charge in [-0.05, 0) is 0 Å². The highest BCUT2D eigenvalue weighted by atomic mass is 16.4. The van der Waals surface area contributed by atoms with Crippen LogP contribution >= 0.6 is 0 Å². The summed E-state index contributed by atoms with van der Waals surface area (Å²) in [5.74, 6) is -1.23. The predicted molar refractivity (Wildman–Crippen MR) is 53.0 cm³/mol. The van der Waals surface area contributed by atoms with Crippen LogP contribution in [0.15, 0.2) is 0 Å². The molecular formula is C9H14N2O5. The molecule has 1 heterocycles. The standard InChI is InChI=1S/C9H14N2O5/c12-7(1-2-8(13)14)10-3-5-11(6-4-10)9(15)16/h1-6H2,(H,13,14)(H,15,16). The van der Waals surface area contributed by atoms with Crippen LogP contribution in [0.25, 0.3) is 0 Å². The molecule has 0 saturated carbocycles. The van der Waals surface area contributed by atoms with Crippen molar-refractivity contribution in [3.63, 3.8) is 0 Å². The van der Waals surface area contributed by atoms with E-state index in [1.54, 1.807) is 0 Å². The second kappa shape index (κ2) is 5.34. The average Bonchev–Trinajstić information content (AvgIpc) is 2.26. The number of piperazine rings is 1. The highest BCUT2D eigenvalue weighted by Gasteiger charge is 2.23. The third-order valence-corrected chi connectivity index (χ3v) is 2.46. The molecule has 1 aliphatic rings. The van der Waals surface area contributed by atoms with Crippen LogP contribution in [0.2, 0.25) is 0 Å². The monoisotopic (exact) mass is 230 g/mol. The van der Waals surface area contributed by atoms with Gasteiger partial charge in [0, 0.05) is 32.6 Å². The normalized spacial score (nSPS) is 16.0. The SMILES string of the molecule is O=C(O)CCC(=O)N1CCN(C(=O)O)CC1. The van der Waals surface area contributed by atoms with Crippen molar-refractivity contribution < 1.29 is 24.6 Å². The summed E-state index contributed by atoms with van der Waals surface area (Å²) in [6, 6.07) is 0. The van der Waals surface area contributed by atoms with Gasteiger partial charge in [-0.15, -0.1) is 0 Å². The summed E-state index contributed by atoms with van der Waals surface area (Å²) in [5.41, 5.74) is 0. The molecular weight excluding hydrogens is 216 g/mol. The van der Waals surface area contributed by atoms with Gasteiger partial charge in [-0.3, -0.25) is 9.59 Å². The Labute approximate surface area is 92.2 Å². The summed E-state index contributed by atoms with van der Waals surface area (Å²) in [6.07, 6.45) is -1.20. The highest BCUT2D eigenvalue weighted by Crippen LogP contribution is 2.05. The summed E-state index contributed by atoms with van der Waals surface area (Å²) >= 11 is 0. The Balaban J connectivity index is 2.33. The molecule has 0 spiro atoms. The van der Waals surface area contributed by atoms with Crippen molar-refractivity contribution in [3.8, 4) is 0 Å². The van der Waals surface area contributed by atoms with Gasteiger partial charge in [0.15, 0.2) is 0 Å². The fourth-order valence-electron chi connectivity index (χ4n) is 1.52. The lowest BCUT2D eigenvalue weighted by molar-refractivity contribution is -0.141. The zero-order valence-corrected chi connectivity index (χ0v) is 8.76. The van der Waals surface area contributed by atoms with E-state index in [9.17, 15) is 14.4 Å². The Morgan fingerprint density at radius 3 is 1.81 bits per heavy atom. The van der Waals surface area contributed by atoms with E-state index in [1.807, 2.05) is 0 Å². The van der Waals surface area contributed by atoms with Crippen molar-refractivity contribution in [1.29, 1.82) is 0 Å². The fraction of sp³-hybridized carbons (Fsp3) is 0.667. The summed E-state index contributed by atoms with van der Waals surface area (Å²) in [4.78, 5) is 35.1. The van der Waals surface area contributed by atoms with Crippen LogP contribution in [0.4, 0.5) is 4.79 Å². The zero-order chi connectivity index (χ0) is 12.1. The number of nitrogens with zero attached hydrogens (tertiary/aromatic N) is 2. The van der Waals surface area contributed by atoms with Crippen molar-refractivity contribution in [3.05, 3.63) is 0 Å². The lowest BCUT2D eigenvalue weighted by Crippen LogP contribution is -2.50. The molecule has 0 aromatic carbocycles. The first-order valence-electron chi connectivity index (χ1n) is 4.98. The number of hydrogen-bond donors (Lipinski definition) is 2. The van der Waals surface area contributed by atoms with Gasteiger partial charge in [-0.2, -0.15) is 0 Å². The van der Waals surface area contributed by atoms with Crippen molar-refractivity contribution >= 4 is 18.0 Å². The second-order valence-electron chi connectivity index (χ2n) is 3.54. The number of hydrogen-bond acceptors (Lipinski definition) is 3. The minimum absolute atomic E-state index is 0.0254. The lowest BCUT2D eigenvalue weighted by atomic mass is 10.2. The number of carboxylic acid groups (broad SMARTS) is 2. The van der Waals surface area contributed by atoms with Gasteiger partial charge in [-0.1, -0.05) is 0 Å². The van der Waals surface area contributed by atoms with Crippen LogP contribution in [-0.4, -0.2) is 64.2 Å². The van der Waals surface area contributed by atoms with Crippen molar-refractivity contribution in [2.24, 2.45) is 0 Å². The van der Waals surface area contributed by atoms with E-state index in [1.165, 1.54) is 9.80 Å². The molecule has 0 unspecified atom stereocenters.